The summed E-state index contributed by atoms with van der Waals surface area (Å²) in [6.45, 7) is 4.33. The van der Waals surface area contributed by atoms with E-state index < -0.39 is 16.8 Å². The fraction of sp³-hybridized carbons (Fsp3) is 0.643. The van der Waals surface area contributed by atoms with Crippen molar-refractivity contribution in [3.8, 4) is 5.88 Å². The Balaban J connectivity index is 2.26. The summed E-state index contributed by atoms with van der Waals surface area (Å²) < 4.78 is 17.3. The standard InChI is InChI=1S/C14H20N2O4S/c1-8-4-9(2)6-10(5-8)20-12-11(13(17)18)7-15-14(16-12)21(3)19/h7-10H,4-6H2,1-3H3,(H,17,18). The Kier molecular flexibility index (Phi) is 4.92. The summed E-state index contributed by atoms with van der Waals surface area (Å²) in [6, 6.07) is 0. The van der Waals surface area contributed by atoms with Crippen molar-refractivity contribution in [2.24, 2.45) is 11.8 Å². The molecule has 0 spiro atoms. The predicted molar refractivity (Wildman–Crippen MR) is 77.9 cm³/mol. The van der Waals surface area contributed by atoms with Gasteiger partial charge in [0.15, 0.2) is 0 Å². The molecule has 7 heteroatoms. The van der Waals surface area contributed by atoms with Crippen LogP contribution in [0.4, 0.5) is 0 Å². The number of aromatic carboxylic acids is 1. The van der Waals surface area contributed by atoms with Gasteiger partial charge in [-0.3, -0.25) is 4.21 Å². The average Bonchev–Trinajstić information content (AvgIpc) is 2.36. The SMILES string of the molecule is CC1CC(C)CC(Oc2nc(S(C)=O)ncc2C(=O)O)C1. The second-order valence-electron chi connectivity index (χ2n) is 5.79. The van der Waals surface area contributed by atoms with Crippen LogP contribution in [0.5, 0.6) is 5.88 Å². The summed E-state index contributed by atoms with van der Waals surface area (Å²) in [6.07, 6.45) is 5.45. The zero-order chi connectivity index (χ0) is 15.6. The van der Waals surface area contributed by atoms with E-state index >= 15 is 0 Å². The van der Waals surface area contributed by atoms with Gasteiger partial charge in [0.05, 0.1) is 17.0 Å². The molecule has 1 fully saturated rings. The predicted octanol–water partition coefficient (Wildman–Crippen LogP) is 2.12. The lowest BCUT2D eigenvalue weighted by Crippen LogP contribution is -2.29. The number of hydrogen-bond donors (Lipinski definition) is 1. The third kappa shape index (κ3) is 4.00. The van der Waals surface area contributed by atoms with Crippen LogP contribution in [0.2, 0.25) is 0 Å². The molecule has 3 unspecified atom stereocenters. The van der Waals surface area contributed by atoms with Crippen molar-refractivity contribution < 1.29 is 18.8 Å². The number of carboxylic acid groups (broad SMARTS) is 1. The van der Waals surface area contributed by atoms with Crippen LogP contribution in [-0.2, 0) is 10.8 Å². The molecule has 3 atom stereocenters. The van der Waals surface area contributed by atoms with E-state index in [0.717, 1.165) is 25.5 Å². The van der Waals surface area contributed by atoms with Crippen LogP contribution in [0.15, 0.2) is 11.4 Å². The second kappa shape index (κ2) is 6.51. The van der Waals surface area contributed by atoms with Crippen LogP contribution in [0, 0.1) is 11.8 Å². The maximum atomic E-state index is 11.5. The Morgan fingerprint density at radius 3 is 2.48 bits per heavy atom. The van der Waals surface area contributed by atoms with Gasteiger partial charge in [0.2, 0.25) is 11.0 Å². The van der Waals surface area contributed by atoms with Crippen molar-refractivity contribution in [1.82, 2.24) is 9.97 Å². The molecule has 0 aliphatic heterocycles. The summed E-state index contributed by atoms with van der Waals surface area (Å²) in [5.74, 6) is -0.0494. The molecule has 21 heavy (non-hydrogen) atoms. The highest BCUT2D eigenvalue weighted by molar-refractivity contribution is 7.84. The summed E-state index contributed by atoms with van der Waals surface area (Å²) in [5.41, 5.74) is -0.0879. The molecular formula is C14H20N2O4S. The van der Waals surface area contributed by atoms with Gasteiger partial charge in [0, 0.05) is 6.26 Å². The molecule has 1 heterocycles. The first-order chi connectivity index (χ1) is 9.86. The highest BCUT2D eigenvalue weighted by atomic mass is 32.2. The number of nitrogens with zero attached hydrogens (tertiary/aromatic N) is 2. The Bertz CT molecular complexity index is 554. The van der Waals surface area contributed by atoms with Crippen molar-refractivity contribution in [3.63, 3.8) is 0 Å². The highest BCUT2D eigenvalue weighted by Gasteiger charge is 2.27. The van der Waals surface area contributed by atoms with E-state index in [1.54, 1.807) is 0 Å². The first-order valence-corrected chi connectivity index (χ1v) is 8.53. The van der Waals surface area contributed by atoms with E-state index in [2.05, 4.69) is 23.8 Å². The van der Waals surface area contributed by atoms with Crippen molar-refractivity contribution in [1.29, 1.82) is 0 Å². The van der Waals surface area contributed by atoms with E-state index in [1.165, 1.54) is 6.26 Å². The second-order valence-corrected chi connectivity index (χ2v) is 7.06. The molecule has 1 aromatic rings. The normalized spacial score (nSPS) is 27.1. The molecule has 116 valence electrons. The molecular weight excluding hydrogens is 292 g/mol. The number of aromatic nitrogens is 2. The summed E-state index contributed by atoms with van der Waals surface area (Å²) >= 11 is 0. The van der Waals surface area contributed by atoms with Gasteiger partial charge in [-0.15, -0.1) is 0 Å². The Labute approximate surface area is 126 Å². The minimum absolute atomic E-state index is 0.0222. The number of carboxylic acids is 1. The van der Waals surface area contributed by atoms with Gasteiger partial charge in [0.1, 0.15) is 11.7 Å². The first-order valence-electron chi connectivity index (χ1n) is 6.97. The van der Waals surface area contributed by atoms with Gasteiger partial charge in [0.25, 0.3) is 0 Å². The van der Waals surface area contributed by atoms with Gasteiger partial charge >= 0.3 is 5.97 Å². The molecule has 0 saturated heterocycles. The Hall–Kier alpha value is -1.50. The summed E-state index contributed by atoms with van der Waals surface area (Å²) in [7, 11) is -1.38. The quantitative estimate of drug-likeness (QED) is 0.857. The number of ether oxygens (including phenoxy) is 1. The number of rotatable bonds is 4. The van der Waals surface area contributed by atoms with Gasteiger partial charge in [-0.25, -0.2) is 9.78 Å². The minimum Gasteiger partial charge on any atom is -0.477 e. The molecule has 2 rings (SSSR count). The highest BCUT2D eigenvalue weighted by Crippen LogP contribution is 2.31. The van der Waals surface area contributed by atoms with E-state index in [1.807, 2.05) is 0 Å². The maximum Gasteiger partial charge on any atom is 0.342 e. The van der Waals surface area contributed by atoms with Crippen molar-refractivity contribution >= 4 is 16.8 Å². The van der Waals surface area contributed by atoms with E-state index in [0.29, 0.717) is 11.8 Å². The lowest BCUT2D eigenvalue weighted by Gasteiger charge is -2.31. The molecule has 0 aromatic carbocycles. The van der Waals surface area contributed by atoms with Crippen molar-refractivity contribution in [2.75, 3.05) is 6.26 Å². The molecule has 0 bridgehead atoms. The largest absolute Gasteiger partial charge is 0.477 e. The molecule has 1 aliphatic carbocycles. The van der Waals surface area contributed by atoms with E-state index in [-0.39, 0.29) is 22.7 Å². The summed E-state index contributed by atoms with van der Waals surface area (Å²) in [5, 5.41) is 9.28. The minimum atomic E-state index is -1.38. The van der Waals surface area contributed by atoms with Gasteiger partial charge in [-0.1, -0.05) is 13.8 Å². The smallest absolute Gasteiger partial charge is 0.342 e. The van der Waals surface area contributed by atoms with Crippen LogP contribution >= 0.6 is 0 Å². The number of hydrogen-bond acceptors (Lipinski definition) is 5. The van der Waals surface area contributed by atoms with Crippen LogP contribution in [-0.4, -0.2) is 37.6 Å². The fourth-order valence-electron chi connectivity index (χ4n) is 2.85. The van der Waals surface area contributed by atoms with Crippen molar-refractivity contribution in [3.05, 3.63) is 11.8 Å². The first kappa shape index (κ1) is 15.9. The van der Waals surface area contributed by atoms with E-state index in [4.69, 9.17) is 4.74 Å². The fourth-order valence-corrected chi connectivity index (χ4v) is 3.27. The van der Waals surface area contributed by atoms with Crippen LogP contribution in [0.3, 0.4) is 0 Å². The average molecular weight is 312 g/mol. The van der Waals surface area contributed by atoms with Crippen LogP contribution in [0.25, 0.3) is 0 Å². The number of carbonyl (C=O) groups is 1. The third-order valence-corrected chi connectivity index (χ3v) is 4.34. The molecule has 1 aliphatic rings. The van der Waals surface area contributed by atoms with Gasteiger partial charge in [-0.05, 0) is 31.1 Å². The molecule has 0 radical (unpaired) electrons. The Morgan fingerprint density at radius 1 is 1.33 bits per heavy atom. The van der Waals surface area contributed by atoms with E-state index in [9.17, 15) is 14.1 Å². The topological polar surface area (TPSA) is 89.4 Å². The zero-order valence-corrected chi connectivity index (χ0v) is 13.2. The third-order valence-electron chi connectivity index (χ3n) is 3.63. The monoisotopic (exact) mass is 312 g/mol. The van der Waals surface area contributed by atoms with Crippen LogP contribution in [0.1, 0.15) is 43.5 Å². The van der Waals surface area contributed by atoms with Gasteiger partial charge < -0.3 is 9.84 Å². The maximum absolute atomic E-state index is 11.5. The van der Waals surface area contributed by atoms with Crippen molar-refractivity contribution in [2.45, 2.75) is 44.4 Å². The molecule has 0 amide bonds. The zero-order valence-electron chi connectivity index (χ0n) is 12.4. The lowest BCUT2D eigenvalue weighted by molar-refractivity contribution is 0.0667. The molecule has 6 nitrogen and oxygen atoms in total. The molecule has 1 aromatic heterocycles. The van der Waals surface area contributed by atoms with Gasteiger partial charge in [-0.2, -0.15) is 4.98 Å². The lowest BCUT2D eigenvalue weighted by atomic mass is 9.82. The molecule has 1 N–H and O–H groups in total. The summed E-state index contributed by atoms with van der Waals surface area (Å²) in [4.78, 5) is 19.1. The Morgan fingerprint density at radius 2 is 1.95 bits per heavy atom. The molecule has 1 saturated carbocycles. The van der Waals surface area contributed by atoms with Crippen LogP contribution < -0.4 is 4.74 Å².